The smallest absolute Gasteiger partial charge is 0.416 e. The van der Waals surface area contributed by atoms with Crippen LogP contribution in [-0.2, 0) is 6.18 Å². The molecule has 0 aliphatic heterocycles. The first-order valence-electron chi connectivity index (χ1n) is 6.13. The van der Waals surface area contributed by atoms with Crippen molar-refractivity contribution in [3.8, 4) is 17.0 Å². The topological polar surface area (TPSA) is 47.0 Å². The third kappa shape index (κ3) is 2.91. The van der Waals surface area contributed by atoms with Crippen LogP contribution in [-0.4, -0.2) is 24.1 Å². The molecule has 1 aromatic heterocycles. The quantitative estimate of drug-likeness (QED) is 0.941. The van der Waals surface area contributed by atoms with Crippen molar-refractivity contribution in [1.82, 2.24) is 9.97 Å². The number of ether oxygens (including phenoxy) is 1. The minimum absolute atomic E-state index is 0.392. The van der Waals surface area contributed by atoms with Gasteiger partial charge in [-0.15, -0.1) is 0 Å². The number of aromatic nitrogens is 2. The highest BCUT2D eigenvalue weighted by Gasteiger charge is 2.31. The fourth-order valence-corrected chi connectivity index (χ4v) is 2.04. The summed E-state index contributed by atoms with van der Waals surface area (Å²) < 4.78 is 43.4. The molecule has 1 aromatic carbocycles. The van der Waals surface area contributed by atoms with E-state index >= 15 is 0 Å². The van der Waals surface area contributed by atoms with E-state index in [-0.39, 0.29) is 0 Å². The van der Waals surface area contributed by atoms with Gasteiger partial charge in [-0.3, -0.25) is 0 Å². The summed E-state index contributed by atoms with van der Waals surface area (Å²) in [6.45, 7) is 1.60. The predicted octanol–water partition coefficient (Wildman–Crippen LogP) is 3.52. The maximum absolute atomic E-state index is 12.7. The van der Waals surface area contributed by atoms with Crippen LogP contribution in [0, 0.1) is 6.92 Å². The Kier molecular flexibility index (Phi) is 4.02. The van der Waals surface area contributed by atoms with Crippen molar-refractivity contribution < 1.29 is 17.9 Å². The van der Waals surface area contributed by atoms with Crippen LogP contribution in [0.25, 0.3) is 11.3 Å². The van der Waals surface area contributed by atoms with Crippen molar-refractivity contribution in [2.24, 2.45) is 0 Å². The molecule has 1 N–H and O–H groups in total. The molecule has 21 heavy (non-hydrogen) atoms. The van der Waals surface area contributed by atoms with Crippen molar-refractivity contribution in [3.05, 3.63) is 35.7 Å². The largest absolute Gasteiger partial charge is 0.491 e. The Morgan fingerprint density at radius 1 is 1.19 bits per heavy atom. The van der Waals surface area contributed by atoms with E-state index in [0.29, 0.717) is 28.4 Å². The molecule has 4 nitrogen and oxygen atoms in total. The van der Waals surface area contributed by atoms with E-state index in [2.05, 4.69) is 15.3 Å². The summed E-state index contributed by atoms with van der Waals surface area (Å²) >= 11 is 0. The first kappa shape index (κ1) is 15.1. The van der Waals surface area contributed by atoms with Crippen LogP contribution in [0.5, 0.6) is 5.75 Å². The third-order valence-electron chi connectivity index (χ3n) is 3.05. The SMILES string of the molecule is CNc1ncnc(-c2ccc(C(F)(F)F)cc2C)c1OC. The molecule has 2 aromatic rings. The summed E-state index contributed by atoms with van der Waals surface area (Å²) in [7, 11) is 3.14. The van der Waals surface area contributed by atoms with Crippen molar-refractivity contribution in [2.45, 2.75) is 13.1 Å². The van der Waals surface area contributed by atoms with E-state index in [1.54, 1.807) is 14.0 Å². The maximum Gasteiger partial charge on any atom is 0.416 e. The standard InChI is InChI=1S/C14H14F3N3O/c1-8-6-9(14(15,16)17)4-5-10(8)11-12(21-3)13(18-2)20-7-19-11/h4-7H,1-3H3,(H,18,19,20). The number of rotatable bonds is 3. The van der Waals surface area contributed by atoms with E-state index in [1.165, 1.54) is 19.5 Å². The second-order valence-electron chi connectivity index (χ2n) is 4.38. The number of halogens is 3. The lowest BCUT2D eigenvalue weighted by Gasteiger charge is -2.14. The normalized spacial score (nSPS) is 11.3. The number of hydrogen-bond donors (Lipinski definition) is 1. The van der Waals surface area contributed by atoms with Crippen LogP contribution in [0.2, 0.25) is 0 Å². The van der Waals surface area contributed by atoms with Gasteiger partial charge < -0.3 is 10.1 Å². The van der Waals surface area contributed by atoms with Crippen molar-refractivity contribution in [2.75, 3.05) is 19.5 Å². The molecule has 0 spiro atoms. The second kappa shape index (κ2) is 5.59. The van der Waals surface area contributed by atoms with E-state index in [1.807, 2.05) is 0 Å². The Balaban J connectivity index is 2.58. The zero-order chi connectivity index (χ0) is 15.6. The number of aryl methyl sites for hydroxylation is 1. The number of nitrogens with zero attached hydrogens (tertiary/aromatic N) is 2. The molecule has 0 saturated carbocycles. The summed E-state index contributed by atoms with van der Waals surface area (Å²) in [5, 5.41) is 2.86. The van der Waals surface area contributed by atoms with Gasteiger partial charge in [-0.25, -0.2) is 9.97 Å². The summed E-state index contributed by atoms with van der Waals surface area (Å²) in [5.74, 6) is 0.865. The molecule has 2 rings (SSSR count). The Labute approximate surface area is 120 Å². The predicted molar refractivity (Wildman–Crippen MR) is 73.3 cm³/mol. The molecule has 0 saturated heterocycles. The van der Waals surface area contributed by atoms with Crippen LogP contribution in [0.1, 0.15) is 11.1 Å². The Bertz CT molecular complexity index is 656. The zero-order valence-corrected chi connectivity index (χ0v) is 11.7. The van der Waals surface area contributed by atoms with E-state index < -0.39 is 11.7 Å². The molecule has 0 aliphatic carbocycles. The molecule has 7 heteroatoms. The van der Waals surface area contributed by atoms with Gasteiger partial charge in [0.25, 0.3) is 0 Å². The van der Waals surface area contributed by atoms with Gasteiger partial charge in [0.1, 0.15) is 12.0 Å². The van der Waals surface area contributed by atoms with Gasteiger partial charge in [0, 0.05) is 12.6 Å². The highest BCUT2D eigenvalue weighted by molar-refractivity contribution is 5.74. The molecule has 0 fully saturated rings. The number of hydrogen-bond acceptors (Lipinski definition) is 4. The van der Waals surface area contributed by atoms with Gasteiger partial charge >= 0.3 is 6.18 Å². The summed E-state index contributed by atoms with van der Waals surface area (Å²) in [6.07, 6.45) is -3.03. The van der Waals surface area contributed by atoms with Gasteiger partial charge in [0.15, 0.2) is 11.6 Å². The molecule has 0 amide bonds. The minimum Gasteiger partial charge on any atom is -0.491 e. The Morgan fingerprint density at radius 3 is 2.43 bits per heavy atom. The minimum atomic E-state index is -4.37. The molecule has 0 unspecified atom stereocenters. The fourth-order valence-electron chi connectivity index (χ4n) is 2.04. The van der Waals surface area contributed by atoms with Gasteiger partial charge in [0.05, 0.1) is 12.7 Å². The summed E-state index contributed by atoms with van der Waals surface area (Å²) in [4.78, 5) is 8.14. The average Bonchev–Trinajstić information content (AvgIpc) is 2.45. The summed E-state index contributed by atoms with van der Waals surface area (Å²) in [5.41, 5.74) is 0.788. The van der Waals surface area contributed by atoms with E-state index in [4.69, 9.17) is 4.74 Å². The van der Waals surface area contributed by atoms with E-state index in [9.17, 15) is 13.2 Å². The number of benzene rings is 1. The number of methoxy groups -OCH3 is 1. The number of anilines is 1. The van der Waals surface area contributed by atoms with Gasteiger partial charge in [-0.05, 0) is 24.6 Å². The fraction of sp³-hybridized carbons (Fsp3) is 0.286. The van der Waals surface area contributed by atoms with Crippen LogP contribution in [0.4, 0.5) is 19.0 Å². The third-order valence-corrected chi connectivity index (χ3v) is 3.05. The first-order chi connectivity index (χ1) is 9.88. The van der Waals surface area contributed by atoms with Crippen molar-refractivity contribution in [1.29, 1.82) is 0 Å². The highest BCUT2D eigenvalue weighted by atomic mass is 19.4. The first-order valence-corrected chi connectivity index (χ1v) is 6.13. The van der Waals surface area contributed by atoms with Crippen molar-refractivity contribution >= 4 is 5.82 Å². The van der Waals surface area contributed by atoms with Gasteiger partial charge in [-0.2, -0.15) is 13.2 Å². The number of alkyl halides is 3. The average molecular weight is 297 g/mol. The molecule has 1 heterocycles. The lowest BCUT2D eigenvalue weighted by molar-refractivity contribution is -0.137. The van der Waals surface area contributed by atoms with E-state index in [0.717, 1.165) is 12.1 Å². The maximum atomic E-state index is 12.7. The molecular weight excluding hydrogens is 283 g/mol. The molecule has 112 valence electrons. The lowest BCUT2D eigenvalue weighted by Crippen LogP contribution is -2.06. The number of nitrogens with one attached hydrogen (secondary N) is 1. The van der Waals surface area contributed by atoms with Crippen LogP contribution >= 0.6 is 0 Å². The monoisotopic (exact) mass is 297 g/mol. The highest BCUT2D eigenvalue weighted by Crippen LogP contribution is 2.37. The lowest BCUT2D eigenvalue weighted by atomic mass is 10.0. The van der Waals surface area contributed by atoms with Gasteiger partial charge in [-0.1, -0.05) is 6.07 Å². The second-order valence-corrected chi connectivity index (χ2v) is 4.38. The summed E-state index contributed by atoms with van der Waals surface area (Å²) in [6, 6.07) is 3.52. The molecule has 0 atom stereocenters. The molecular formula is C14H14F3N3O. The van der Waals surface area contributed by atoms with Crippen LogP contribution in [0.15, 0.2) is 24.5 Å². The molecule has 0 aliphatic rings. The Hall–Kier alpha value is -2.31. The molecule has 0 radical (unpaired) electrons. The van der Waals surface area contributed by atoms with Crippen molar-refractivity contribution in [3.63, 3.8) is 0 Å². The molecule has 0 bridgehead atoms. The van der Waals surface area contributed by atoms with Crippen LogP contribution in [0.3, 0.4) is 0 Å². The van der Waals surface area contributed by atoms with Gasteiger partial charge in [0.2, 0.25) is 0 Å². The zero-order valence-electron chi connectivity index (χ0n) is 11.7. The Morgan fingerprint density at radius 2 is 1.90 bits per heavy atom. The van der Waals surface area contributed by atoms with Crippen LogP contribution < -0.4 is 10.1 Å².